The topological polar surface area (TPSA) is 98.8 Å². The Morgan fingerprint density at radius 1 is 1.43 bits per heavy atom. The number of nitrogens with zero attached hydrogens (tertiary/aromatic N) is 5. The van der Waals surface area contributed by atoms with E-state index in [-0.39, 0.29) is 10.6 Å². The summed E-state index contributed by atoms with van der Waals surface area (Å²) in [5.74, 6) is 0.685. The predicted octanol–water partition coefficient (Wildman–Crippen LogP) is 1.14. The van der Waals surface area contributed by atoms with Crippen molar-refractivity contribution in [1.29, 1.82) is 0 Å². The number of thioether (sulfide) groups is 1. The molecule has 0 aliphatic carbocycles. The van der Waals surface area contributed by atoms with E-state index < -0.39 is 0 Å². The highest BCUT2D eigenvalue weighted by Gasteiger charge is 2.13. The molecule has 0 saturated carbocycles. The van der Waals surface area contributed by atoms with Crippen LogP contribution >= 0.6 is 11.8 Å². The number of benzene rings is 1. The Morgan fingerprint density at radius 2 is 2.24 bits per heavy atom. The van der Waals surface area contributed by atoms with Crippen LogP contribution in [0.2, 0.25) is 0 Å². The van der Waals surface area contributed by atoms with Gasteiger partial charge in [-0.25, -0.2) is 4.68 Å². The van der Waals surface area contributed by atoms with Crippen LogP contribution in [-0.4, -0.2) is 44.5 Å². The summed E-state index contributed by atoms with van der Waals surface area (Å²) in [6.45, 7) is 1.47. The zero-order chi connectivity index (χ0) is 15.1. The van der Waals surface area contributed by atoms with Gasteiger partial charge in [0.15, 0.2) is 0 Å². The molecule has 0 fully saturated rings. The van der Waals surface area contributed by atoms with Crippen LogP contribution in [0.3, 0.4) is 0 Å². The molecule has 1 aromatic carbocycles. The van der Waals surface area contributed by atoms with Gasteiger partial charge in [-0.15, -0.1) is 5.10 Å². The van der Waals surface area contributed by atoms with E-state index >= 15 is 0 Å². The third-order valence-corrected chi connectivity index (χ3v) is 3.82. The maximum Gasteiger partial charge on any atom is 0.272 e. The van der Waals surface area contributed by atoms with Gasteiger partial charge in [0, 0.05) is 23.9 Å². The SMILES string of the molecule is CNCCn1nnnc1SCCc1ccccc1[N+](=O)[O-]. The Bertz CT molecular complexity index is 603. The van der Waals surface area contributed by atoms with Gasteiger partial charge in [-0.1, -0.05) is 30.0 Å². The first-order valence-electron chi connectivity index (χ1n) is 6.48. The quantitative estimate of drug-likeness (QED) is 0.443. The second-order valence-electron chi connectivity index (χ2n) is 4.27. The lowest BCUT2D eigenvalue weighted by Crippen LogP contribution is -2.16. The fraction of sp³-hybridized carbons (Fsp3) is 0.417. The third kappa shape index (κ3) is 4.23. The molecule has 0 saturated heterocycles. The van der Waals surface area contributed by atoms with Crippen molar-refractivity contribution in [3.63, 3.8) is 0 Å². The van der Waals surface area contributed by atoms with E-state index in [1.807, 2.05) is 13.1 Å². The van der Waals surface area contributed by atoms with E-state index in [4.69, 9.17) is 0 Å². The Labute approximate surface area is 126 Å². The van der Waals surface area contributed by atoms with Crippen molar-refractivity contribution in [2.75, 3.05) is 19.3 Å². The minimum atomic E-state index is -0.350. The molecule has 21 heavy (non-hydrogen) atoms. The molecule has 0 aliphatic rings. The molecule has 112 valence electrons. The van der Waals surface area contributed by atoms with Crippen LogP contribution in [0.15, 0.2) is 29.4 Å². The molecule has 0 bridgehead atoms. The van der Waals surface area contributed by atoms with E-state index in [1.54, 1.807) is 16.8 Å². The molecule has 2 aromatic rings. The van der Waals surface area contributed by atoms with E-state index in [2.05, 4.69) is 20.8 Å². The largest absolute Gasteiger partial charge is 0.318 e. The van der Waals surface area contributed by atoms with Crippen LogP contribution in [0.25, 0.3) is 0 Å². The van der Waals surface area contributed by atoms with Crippen molar-refractivity contribution in [1.82, 2.24) is 25.5 Å². The summed E-state index contributed by atoms with van der Waals surface area (Å²) < 4.78 is 1.72. The van der Waals surface area contributed by atoms with Gasteiger partial charge in [0.25, 0.3) is 5.69 Å². The predicted molar refractivity (Wildman–Crippen MR) is 79.3 cm³/mol. The highest BCUT2D eigenvalue weighted by Crippen LogP contribution is 2.21. The number of aryl methyl sites for hydroxylation is 1. The second kappa shape index (κ2) is 7.70. The van der Waals surface area contributed by atoms with Crippen molar-refractivity contribution >= 4 is 17.4 Å². The fourth-order valence-corrected chi connectivity index (χ4v) is 2.69. The Morgan fingerprint density at radius 3 is 3.00 bits per heavy atom. The second-order valence-corrected chi connectivity index (χ2v) is 5.33. The standard InChI is InChI=1S/C12H16N6O2S/c1-13-7-8-17-12(14-15-16-17)21-9-6-10-4-2-3-5-11(10)18(19)20/h2-5,13H,6-9H2,1H3. The first kappa shape index (κ1) is 15.4. The number of nitro benzene ring substituents is 1. The number of aromatic nitrogens is 4. The summed E-state index contributed by atoms with van der Waals surface area (Å²) in [5.41, 5.74) is 0.886. The number of hydrogen-bond donors (Lipinski definition) is 1. The maximum atomic E-state index is 10.9. The van der Waals surface area contributed by atoms with E-state index in [0.29, 0.717) is 18.7 Å². The van der Waals surface area contributed by atoms with Gasteiger partial charge >= 0.3 is 0 Å². The van der Waals surface area contributed by atoms with Crippen LogP contribution in [0, 0.1) is 10.1 Å². The van der Waals surface area contributed by atoms with Crippen molar-refractivity contribution in [2.45, 2.75) is 18.1 Å². The van der Waals surface area contributed by atoms with Gasteiger partial charge in [-0.3, -0.25) is 10.1 Å². The normalized spacial score (nSPS) is 10.7. The van der Waals surface area contributed by atoms with Crippen molar-refractivity contribution < 1.29 is 4.92 Å². The molecule has 0 aliphatic heterocycles. The lowest BCUT2D eigenvalue weighted by atomic mass is 10.1. The summed E-state index contributed by atoms with van der Waals surface area (Å²) in [6, 6.07) is 6.79. The molecule has 0 atom stereocenters. The van der Waals surface area contributed by atoms with Crippen LogP contribution in [0.1, 0.15) is 5.56 Å². The Hall–Kier alpha value is -2.00. The minimum absolute atomic E-state index is 0.160. The van der Waals surface area contributed by atoms with E-state index in [0.717, 1.165) is 17.3 Å². The number of hydrogen-bond acceptors (Lipinski definition) is 7. The van der Waals surface area contributed by atoms with Crippen LogP contribution in [0.5, 0.6) is 0 Å². The van der Waals surface area contributed by atoms with Gasteiger partial charge in [-0.2, -0.15) is 0 Å². The molecule has 0 amide bonds. The highest BCUT2D eigenvalue weighted by molar-refractivity contribution is 7.99. The number of tetrazole rings is 1. The summed E-state index contributed by atoms with van der Waals surface area (Å²) in [7, 11) is 1.87. The molecule has 2 rings (SSSR count). The molecule has 1 aromatic heterocycles. The summed E-state index contributed by atoms with van der Waals surface area (Å²) >= 11 is 1.50. The van der Waals surface area contributed by atoms with Crippen LogP contribution < -0.4 is 5.32 Å². The number of para-hydroxylation sites is 1. The van der Waals surface area contributed by atoms with E-state index in [9.17, 15) is 10.1 Å². The van der Waals surface area contributed by atoms with E-state index in [1.165, 1.54) is 17.8 Å². The Kier molecular flexibility index (Phi) is 5.64. The van der Waals surface area contributed by atoms with Crippen molar-refractivity contribution in [3.8, 4) is 0 Å². The fourth-order valence-electron chi connectivity index (χ4n) is 1.81. The van der Waals surface area contributed by atoms with Gasteiger partial charge in [0.1, 0.15) is 0 Å². The molecule has 1 N–H and O–H groups in total. The number of likely N-dealkylation sites (N-methyl/N-ethyl adjacent to an activating group) is 1. The lowest BCUT2D eigenvalue weighted by molar-refractivity contribution is -0.385. The van der Waals surface area contributed by atoms with Gasteiger partial charge in [0.05, 0.1) is 11.5 Å². The first-order valence-corrected chi connectivity index (χ1v) is 7.47. The average molecular weight is 308 g/mol. The molecule has 0 unspecified atom stereocenters. The molecular weight excluding hydrogens is 292 g/mol. The monoisotopic (exact) mass is 308 g/mol. The number of nitro groups is 1. The van der Waals surface area contributed by atoms with Gasteiger partial charge in [0.2, 0.25) is 5.16 Å². The first-order chi connectivity index (χ1) is 10.2. The number of nitrogens with one attached hydrogen (secondary N) is 1. The summed E-state index contributed by atoms with van der Waals surface area (Å²) in [5, 5.41) is 26.2. The molecule has 0 radical (unpaired) electrons. The van der Waals surface area contributed by atoms with Crippen molar-refractivity contribution in [3.05, 3.63) is 39.9 Å². The third-order valence-electron chi connectivity index (χ3n) is 2.86. The zero-order valence-electron chi connectivity index (χ0n) is 11.6. The molecular formula is C12H16N6O2S. The Balaban J connectivity index is 1.93. The smallest absolute Gasteiger partial charge is 0.272 e. The average Bonchev–Trinajstić information content (AvgIpc) is 2.93. The minimum Gasteiger partial charge on any atom is -0.318 e. The summed E-state index contributed by atoms with van der Waals surface area (Å²) in [6.07, 6.45) is 0.598. The number of rotatable bonds is 8. The summed E-state index contributed by atoms with van der Waals surface area (Å²) in [4.78, 5) is 10.6. The maximum absolute atomic E-state index is 10.9. The molecule has 9 heteroatoms. The van der Waals surface area contributed by atoms with Gasteiger partial charge in [-0.05, 0) is 23.9 Å². The van der Waals surface area contributed by atoms with Crippen molar-refractivity contribution in [2.24, 2.45) is 0 Å². The van der Waals surface area contributed by atoms with Crippen LogP contribution in [0.4, 0.5) is 5.69 Å². The van der Waals surface area contributed by atoms with Crippen LogP contribution in [-0.2, 0) is 13.0 Å². The molecule has 1 heterocycles. The molecule has 8 nitrogen and oxygen atoms in total. The zero-order valence-corrected chi connectivity index (χ0v) is 12.4. The van der Waals surface area contributed by atoms with Gasteiger partial charge < -0.3 is 5.32 Å². The highest BCUT2D eigenvalue weighted by atomic mass is 32.2. The molecule has 0 spiro atoms. The lowest BCUT2D eigenvalue weighted by Gasteiger charge is -2.04.